The smallest absolute Gasteiger partial charge is 0.254 e. The van der Waals surface area contributed by atoms with Crippen molar-refractivity contribution in [2.24, 2.45) is 0 Å². The topological polar surface area (TPSA) is 6.48 Å². The van der Waals surface area contributed by atoms with Crippen molar-refractivity contribution >= 4 is 182 Å². The number of rotatable bonds is 3. The average Bonchev–Trinajstić information content (AvgIpc) is 3.72. The van der Waals surface area contributed by atoms with Crippen LogP contribution in [0.2, 0.25) is 0 Å². The van der Waals surface area contributed by atoms with Gasteiger partial charge in [-0.15, -0.1) is 22.3 Å². The predicted molar refractivity (Wildman–Crippen MR) is 345 cm³/mol. The fourth-order valence-electron chi connectivity index (χ4n) is 14.5. The van der Waals surface area contributed by atoms with E-state index in [0.29, 0.717) is 0 Å². The molecule has 0 saturated carbocycles. The molecule has 0 spiro atoms. The van der Waals surface area contributed by atoms with E-state index in [4.69, 9.17) is 0 Å². The second-order valence-corrected chi connectivity index (χ2v) is 27.9. The third-order valence-electron chi connectivity index (χ3n) is 19.7. The van der Waals surface area contributed by atoms with Gasteiger partial charge in [0.1, 0.15) is 54.9 Å². The molecule has 0 amide bonds. The zero-order valence-corrected chi connectivity index (χ0v) is 48.2. The number of nitrogens with zero attached hydrogens (tertiary/aromatic N) is 2. The Morgan fingerprint density at radius 2 is 1.01 bits per heavy atom. The number of fused-ring (bicyclic) bond motifs is 9. The lowest BCUT2D eigenvalue weighted by Gasteiger charge is -2.47. The van der Waals surface area contributed by atoms with Crippen LogP contribution >= 0.6 is 11.3 Å². The van der Waals surface area contributed by atoms with Crippen LogP contribution in [0.4, 0.5) is 33.4 Å². The Balaban J connectivity index is 1.28. The normalized spacial score (nSPS) is 17.8. The molecule has 4 aliphatic rings. The Labute approximate surface area is 447 Å². The second kappa shape index (κ2) is 16.0. The molecule has 8 aromatic rings. The highest BCUT2D eigenvalue weighted by Gasteiger charge is 2.49. The van der Waals surface area contributed by atoms with E-state index >= 15 is 0 Å². The zero-order chi connectivity index (χ0) is 52.0. The number of hydrogen-bond acceptors (Lipinski definition) is 3. The van der Waals surface area contributed by atoms with Gasteiger partial charge in [0, 0.05) is 33.1 Å². The minimum atomic E-state index is 0.00133. The lowest BCUT2D eigenvalue weighted by atomic mass is 9.33. The molecule has 0 atom stereocenters. The summed E-state index contributed by atoms with van der Waals surface area (Å²) in [7, 11) is 16.6. The molecule has 3 heterocycles. The fraction of sp³-hybridized carbons (Fsp3) is 0.323. The Hall–Kier alpha value is -5.12. The third kappa shape index (κ3) is 6.98. The van der Waals surface area contributed by atoms with Gasteiger partial charge in [0.25, 0.3) is 6.71 Å². The van der Waals surface area contributed by atoms with E-state index in [1.54, 1.807) is 0 Å². The van der Waals surface area contributed by atoms with E-state index in [-0.39, 0.29) is 33.8 Å². The van der Waals surface area contributed by atoms with Crippen LogP contribution in [0.15, 0.2) is 91.0 Å². The largest absolute Gasteiger partial charge is 0.311 e. The van der Waals surface area contributed by atoms with Gasteiger partial charge in [-0.1, -0.05) is 146 Å². The van der Waals surface area contributed by atoms with Gasteiger partial charge < -0.3 is 9.80 Å². The Kier molecular flexibility index (Phi) is 10.7. The van der Waals surface area contributed by atoms with Crippen molar-refractivity contribution in [3.05, 3.63) is 119 Å². The van der Waals surface area contributed by atoms with E-state index in [2.05, 4.69) is 232 Å². The van der Waals surface area contributed by atoms with Crippen molar-refractivity contribution in [3.8, 4) is 11.1 Å². The van der Waals surface area contributed by atoms with E-state index in [0.717, 1.165) is 0 Å². The summed E-state index contributed by atoms with van der Waals surface area (Å²) >= 11 is 1.98. The first kappa shape index (κ1) is 48.8. The van der Waals surface area contributed by atoms with Gasteiger partial charge in [0.15, 0.2) is 0 Å². The van der Waals surface area contributed by atoms with Gasteiger partial charge in [0.2, 0.25) is 0 Å². The molecule has 1 aromatic heterocycles. The first-order valence-electron chi connectivity index (χ1n) is 27.5. The average molecular weight is 962 g/mol. The minimum absolute atomic E-state index is 0.00133. The number of para-hydroxylation sites is 1. The lowest BCUT2D eigenvalue weighted by Crippen LogP contribution is -2.61. The molecule has 2 aliphatic carbocycles. The SMILES string of the molecule is Bc1c(B)c(B)c2c(B)c(-c3cc4c5c(c3)N(c3ccccc3)c3sc6ccc(C(C)(C)C)cc6c3B5c3cc5c(cc3N4c3ccc4c(c3)C(C)(C)CCC4(C)C)C(C)(C)CCC5(C)C)c(B)c(B)c2c1B. The molecule has 0 saturated heterocycles. The molecule has 0 fully saturated rings. The summed E-state index contributed by atoms with van der Waals surface area (Å²) < 4.78 is 1.35. The molecule has 358 valence electrons. The van der Waals surface area contributed by atoms with Crippen LogP contribution in [0.25, 0.3) is 32.0 Å². The third-order valence-corrected chi connectivity index (χ3v) is 20.8. The van der Waals surface area contributed by atoms with Gasteiger partial charge in [-0.25, -0.2) is 0 Å². The highest BCUT2D eigenvalue weighted by Crippen LogP contribution is 2.54. The highest BCUT2D eigenvalue weighted by molar-refractivity contribution is 7.26. The maximum Gasteiger partial charge on any atom is 0.254 e. The molecule has 73 heavy (non-hydrogen) atoms. The molecule has 0 N–H and O–H groups in total. The molecular formula is C62H70B8N2S. The van der Waals surface area contributed by atoms with Crippen molar-refractivity contribution < 1.29 is 0 Å². The standard InChI is InChI=1S/C62H70B8N2S/c1-58(2,3)32-17-20-44-35(27-32)55-57(73-44)72(33-15-13-12-14-16-33)43-26-31(45-48(63)46-47(50(65)49(45)64)52(67)54(69)53(68)51(46)66)25-42-56(43)70(55)40-29-38-39(62(10,11)24-23-61(38,8)9)30-41(40)71(42)34-18-19-36-37(28-34)60(6,7)22-21-59(36,4)5/h12-20,25-30H,21-24,63-69H2,1-11H3. The maximum atomic E-state index is 2.76. The summed E-state index contributed by atoms with van der Waals surface area (Å²) in [6.45, 7) is 27.0. The van der Waals surface area contributed by atoms with E-state index < -0.39 is 0 Å². The van der Waals surface area contributed by atoms with Crippen LogP contribution in [-0.2, 0) is 27.1 Å². The molecule has 12 rings (SSSR count). The summed E-state index contributed by atoms with van der Waals surface area (Å²) in [5, 5.41) is 5.58. The van der Waals surface area contributed by atoms with Gasteiger partial charge in [-0.05, 0) is 173 Å². The summed E-state index contributed by atoms with van der Waals surface area (Å²) in [6, 6.07) is 37.0. The van der Waals surface area contributed by atoms with Crippen molar-refractivity contribution in [2.45, 2.75) is 129 Å². The zero-order valence-electron chi connectivity index (χ0n) is 47.4. The van der Waals surface area contributed by atoms with Crippen LogP contribution in [0.3, 0.4) is 0 Å². The van der Waals surface area contributed by atoms with Crippen LogP contribution in [0.1, 0.15) is 130 Å². The summed E-state index contributed by atoms with van der Waals surface area (Å²) in [4.78, 5) is 5.43. The van der Waals surface area contributed by atoms with Gasteiger partial charge >= 0.3 is 0 Å². The first-order chi connectivity index (χ1) is 34.2. The number of hydrogen-bond donors (Lipinski definition) is 0. The van der Waals surface area contributed by atoms with Gasteiger partial charge in [-0.3, -0.25) is 0 Å². The van der Waals surface area contributed by atoms with Gasteiger partial charge in [-0.2, -0.15) is 0 Å². The van der Waals surface area contributed by atoms with E-state index in [9.17, 15) is 0 Å². The Morgan fingerprint density at radius 3 is 1.62 bits per heavy atom. The van der Waals surface area contributed by atoms with E-state index in [1.807, 2.05) is 11.3 Å². The number of anilines is 6. The van der Waals surface area contributed by atoms with Crippen LogP contribution in [-0.4, -0.2) is 61.6 Å². The van der Waals surface area contributed by atoms with Crippen LogP contribution in [0.5, 0.6) is 0 Å². The molecule has 7 aromatic carbocycles. The molecule has 0 radical (unpaired) electrons. The van der Waals surface area contributed by atoms with Crippen molar-refractivity contribution in [3.63, 3.8) is 0 Å². The Morgan fingerprint density at radius 1 is 0.479 bits per heavy atom. The van der Waals surface area contributed by atoms with Crippen molar-refractivity contribution in [1.29, 1.82) is 0 Å². The van der Waals surface area contributed by atoms with Crippen LogP contribution < -0.4 is 64.4 Å². The minimum Gasteiger partial charge on any atom is -0.311 e. The van der Waals surface area contributed by atoms with Crippen LogP contribution in [0, 0.1) is 0 Å². The fourth-order valence-corrected chi connectivity index (χ4v) is 15.7. The highest BCUT2D eigenvalue weighted by atomic mass is 32.1. The van der Waals surface area contributed by atoms with Crippen molar-refractivity contribution in [1.82, 2.24) is 0 Å². The number of thiophene rings is 1. The summed E-state index contributed by atoms with van der Waals surface area (Å²) in [5.74, 6) is 0. The summed E-state index contributed by atoms with van der Waals surface area (Å²) in [6.07, 6.45) is 4.71. The Bertz CT molecular complexity index is 3730. The molecule has 2 nitrogen and oxygen atoms in total. The number of benzene rings is 7. The molecule has 11 heteroatoms. The monoisotopic (exact) mass is 963 g/mol. The first-order valence-corrected chi connectivity index (χ1v) is 28.3. The maximum absolute atomic E-state index is 2.76. The van der Waals surface area contributed by atoms with Crippen molar-refractivity contribution in [2.75, 3.05) is 9.80 Å². The second-order valence-electron chi connectivity index (χ2n) is 26.9. The van der Waals surface area contributed by atoms with E-state index in [1.165, 1.54) is 174 Å². The molecule has 0 bridgehead atoms. The molecule has 2 aliphatic heterocycles. The lowest BCUT2D eigenvalue weighted by molar-refractivity contribution is 0.332. The quantitative estimate of drug-likeness (QED) is 0.250. The van der Waals surface area contributed by atoms with Gasteiger partial charge in [0.05, 0.1) is 5.00 Å². The molecule has 0 unspecified atom stereocenters. The molecular weight excluding hydrogens is 891 g/mol. The summed E-state index contributed by atoms with van der Waals surface area (Å²) in [5.41, 5.74) is 30.7. The predicted octanol–water partition coefficient (Wildman–Crippen LogP) is 3.61.